The van der Waals surface area contributed by atoms with Crippen LogP contribution in [0.5, 0.6) is 0 Å². The van der Waals surface area contributed by atoms with Crippen LogP contribution in [0.25, 0.3) is 0 Å². The summed E-state index contributed by atoms with van der Waals surface area (Å²) in [6.45, 7) is 6.63. The summed E-state index contributed by atoms with van der Waals surface area (Å²) in [4.78, 5) is 27.3. The largest absolute Gasteiger partial charge is 0.371 e. The Morgan fingerprint density at radius 3 is 2.31 bits per heavy atom. The number of carbonyl (C=O) groups is 2. The van der Waals surface area contributed by atoms with Crippen molar-refractivity contribution in [3.8, 4) is 0 Å². The van der Waals surface area contributed by atoms with Crippen molar-refractivity contribution in [3.05, 3.63) is 65.7 Å². The summed E-state index contributed by atoms with van der Waals surface area (Å²) in [5.74, 6) is 0.533. The van der Waals surface area contributed by atoms with E-state index in [1.165, 1.54) is 0 Å². The first-order chi connectivity index (χ1) is 14.0. The molecule has 5 nitrogen and oxygen atoms in total. The van der Waals surface area contributed by atoms with Crippen molar-refractivity contribution in [2.45, 2.75) is 39.2 Å². The molecule has 0 spiro atoms. The normalized spacial score (nSPS) is 14.7. The fraction of sp³-hybridized carbons (Fsp3) is 0.417. The summed E-state index contributed by atoms with van der Waals surface area (Å²) < 4.78 is 0. The van der Waals surface area contributed by atoms with E-state index in [9.17, 15) is 9.59 Å². The van der Waals surface area contributed by atoms with Crippen molar-refractivity contribution >= 4 is 17.5 Å². The second kappa shape index (κ2) is 10.1. The number of rotatable bonds is 7. The third-order valence-corrected chi connectivity index (χ3v) is 5.36. The van der Waals surface area contributed by atoms with Gasteiger partial charge in [-0.25, -0.2) is 0 Å². The molecule has 1 aliphatic heterocycles. The van der Waals surface area contributed by atoms with Crippen LogP contribution in [0.4, 0.5) is 5.69 Å². The third-order valence-electron chi connectivity index (χ3n) is 5.36. The van der Waals surface area contributed by atoms with E-state index in [0.29, 0.717) is 18.0 Å². The van der Waals surface area contributed by atoms with Crippen molar-refractivity contribution in [2.24, 2.45) is 5.92 Å². The number of para-hydroxylation sites is 1. The molecular weight excluding hydrogens is 362 g/mol. The highest BCUT2D eigenvalue weighted by molar-refractivity contribution is 5.99. The van der Waals surface area contributed by atoms with Crippen molar-refractivity contribution in [2.75, 3.05) is 24.5 Å². The van der Waals surface area contributed by atoms with Crippen LogP contribution in [0.2, 0.25) is 0 Å². The minimum Gasteiger partial charge on any atom is -0.371 e. The van der Waals surface area contributed by atoms with E-state index in [0.717, 1.165) is 43.6 Å². The first-order valence-electron chi connectivity index (χ1n) is 10.5. The van der Waals surface area contributed by atoms with Crippen LogP contribution in [-0.2, 0) is 0 Å². The van der Waals surface area contributed by atoms with Crippen LogP contribution < -0.4 is 15.5 Å². The van der Waals surface area contributed by atoms with Gasteiger partial charge in [0, 0.05) is 36.9 Å². The van der Waals surface area contributed by atoms with E-state index in [1.807, 2.05) is 54.6 Å². The molecule has 0 atom stereocenters. The van der Waals surface area contributed by atoms with Crippen molar-refractivity contribution in [3.63, 3.8) is 0 Å². The maximum Gasteiger partial charge on any atom is 0.253 e. The second-order valence-electron chi connectivity index (χ2n) is 8.06. The summed E-state index contributed by atoms with van der Waals surface area (Å²) in [7, 11) is 0. The van der Waals surface area contributed by atoms with E-state index >= 15 is 0 Å². The van der Waals surface area contributed by atoms with Gasteiger partial charge in [-0.1, -0.05) is 44.2 Å². The van der Waals surface area contributed by atoms with Crippen molar-refractivity contribution in [1.82, 2.24) is 10.6 Å². The van der Waals surface area contributed by atoms with Crippen LogP contribution in [0.3, 0.4) is 0 Å². The quantitative estimate of drug-likeness (QED) is 0.751. The number of amides is 2. The molecule has 0 saturated carbocycles. The van der Waals surface area contributed by atoms with Gasteiger partial charge in [0.15, 0.2) is 0 Å². The van der Waals surface area contributed by atoms with Gasteiger partial charge in [-0.2, -0.15) is 0 Å². The standard InChI is InChI=1S/C24H31N3O2/c1-18(2)12-15-25-24(29)21-10-6-7-11-22(21)27-16-13-20(14-17-27)26-23(28)19-8-4-3-5-9-19/h3-11,18,20H,12-17H2,1-2H3,(H,25,29)(H,26,28). The zero-order valence-electron chi connectivity index (χ0n) is 17.4. The first-order valence-corrected chi connectivity index (χ1v) is 10.5. The molecule has 2 aromatic carbocycles. The Bertz CT molecular complexity index is 812. The SMILES string of the molecule is CC(C)CCNC(=O)c1ccccc1N1CCC(NC(=O)c2ccccc2)CC1. The van der Waals surface area contributed by atoms with Crippen LogP contribution >= 0.6 is 0 Å². The molecule has 29 heavy (non-hydrogen) atoms. The Labute approximate surface area is 173 Å². The van der Waals surface area contributed by atoms with E-state index < -0.39 is 0 Å². The highest BCUT2D eigenvalue weighted by atomic mass is 16.2. The van der Waals surface area contributed by atoms with Crippen LogP contribution in [0.1, 0.15) is 53.8 Å². The van der Waals surface area contributed by atoms with Crippen molar-refractivity contribution in [1.29, 1.82) is 0 Å². The predicted octanol–water partition coefficient (Wildman–Crippen LogP) is 3.86. The highest BCUT2D eigenvalue weighted by Gasteiger charge is 2.24. The topological polar surface area (TPSA) is 61.4 Å². The smallest absolute Gasteiger partial charge is 0.253 e. The third kappa shape index (κ3) is 5.83. The van der Waals surface area contributed by atoms with Gasteiger partial charge >= 0.3 is 0 Å². The summed E-state index contributed by atoms with van der Waals surface area (Å²) in [5, 5.41) is 6.18. The molecule has 1 saturated heterocycles. The molecular formula is C24H31N3O2. The highest BCUT2D eigenvalue weighted by Crippen LogP contribution is 2.24. The lowest BCUT2D eigenvalue weighted by atomic mass is 10.0. The van der Waals surface area contributed by atoms with E-state index in [2.05, 4.69) is 29.4 Å². The first kappa shape index (κ1) is 20.9. The number of carbonyl (C=O) groups excluding carboxylic acids is 2. The van der Waals surface area contributed by atoms with Gasteiger partial charge < -0.3 is 15.5 Å². The number of nitrogens with one attached hydrogen (secondary N) is 2. The summed E-state index contributed by atoms with van der Waals surface area (Å²) in [6, 6.07) is 17.3. The molecule has 1 heterocycles. The zero-order chi connectivity index (χ0) is 20.6. The fourth-order valence-corrected chi connectivity index (χ4v) is 3.63. The lowest BCUT2D eigenvalue weighted by molar-refractivity contribution is 0.0929. The molecule has 0 bridgehead atoms. The Morgan fingerprint density at radius 1 is 0.966 bits per heavy atom. The summed E-state index contributed by atoms with van der Waals surface area (Å²) >= 11 is 0. The second-order valence-corrected chi connectivity index (χ2v) is 8.06. The maximum absolute atomic E-state index is 12.7. The van der Waals surface area contributed by atoms with Gasteiger partial charge in [-0.15, -0.1) is 0 Å². The van der Waals surface area contributed by atoms with Gasteiger partial charge in [0.05, 0.1) is 5.56 Å². The molecule has 154 valence electrons. The minimum atomic E-state index is -0.0195. The average Bonchev–Trinajstić information content (AvgIpc) is 2.74. The van der Waals surface area contributed by atoms with Gasteiger partial charge in [-0.05, 0) is 49.4 Å². The Kier molecular flexibility index (Phi) is 7.28. The van der Waals surface area contributed by atoms with E-state index in [4.69, 9.17) is 0 Å². The Morgan fingerprint density at radius 2 is 1.62 bits per heavy atom. The molecule has 0 aromatic heterocycles. The van der Waals surface area contributed by atoms with Gasteiger partial charge in [0.1, 0.15) is 0 Å². The number of hydrogen-bond acceptors (Lipinski definition) is 3. The van der Waals surface area contributed by atoms with Gasteiger partial charge in [-0.3, -0.25) is 9.59 Å². The molecule has 2 amide bonds. The number of benzene rings is 2. The summed E-state index contributed by atoms with van der Waals surface area (Å²) in [5.41, 5.74) is 2.39. The number of nitrogens with zero attached hydrogens (tertiary/aromatic N) is 1. The van der Waals surface area contributed by atoms with Crippen LogP contribution in [0, 0.1) is 5.92 Å². The predicted molar refractivity (Wildman–Crippen MR) is 117 cm³/mol. The molecule has 3 rings (SSSR count). The zero-order valence-corrected chi connectivity index (χ0v) is 17.4. The molecule has 2 aromatic rings. The number of hydrogen-bond donors (Lipinski definition) is 2. The van der Waals surface area contributed by atoms with Gasteiger partial charge in [0.25, 0.3) is 11.8 Å². The molecule has 1 aliphatic rings. The number of piperidine rings is 1. The summed E-state index contributed by atoms with van der Waals surface area (Å²) in [6.07, 6.45) is 2.70. The number of anilines is 1. The van der Waals surface area contributed by atoms with Crippen LogP contribution in [0.15, 0.2) is 54.6 Å². The molecule has 5 heteroatoms. The molecule has 0 radical (unpaired) electrons. The lowest BCUT2D eigenvalue weighted by Gasteiger charge is -2.35. The van der Waals surface area contributed by atoms with Crippen LogP contribution in [-0.4, -0.2) is 37.5 Å². The monoisotopic (exact) mass is 393 g/mol. The Balaban J connectivity index is 1.57. The molecule has 1 fully saturated rings. The fourth-order valence-electron chi connectivity index (χ4n) is 3.63. The molecule has 0 unspecified atom stereocenters. The van der Waals surface area contributed by atoms with Crippen molar-refractivity contribution < 1.29 is 9.59 Å². The molecule has 2 N–H and O–H groups in total. The van der Waals surface area contributed by atoms with Gasteiger partial charge in [0.2, 0.25) is 0 Å². The maximum atomic E-state index is 12.7. The molecule has 0 aliphatic carbocycles. The Hall–Kier alpha value is -2.82. The van der Waals surface area contributed by atoms with E-state index in [-0.39, 0.29) is 17.9 Å². The van der Waals surface area contributed by atoms with E-state index in [1.54, 1.807) is 0 Å². The average molecular weight is 394 g/mol. The minimum absolute atomic E-state index is 0.0132. The lowest BCUT2D eigenvalue weighted by Crippen LogP contribution is -2.45.